The smallest absolute Gasteiger partial charge is 0.0613 e. The third-order valence-electron chi connectivity index (χ3n) is 4.10. The highest BCUT2D eigenvalue weighted by molar-refractivity contribution is 4.84. The summed E-state index contributed by atoms with van der Waals surface area (Å²) in [6.07, 6.45) is 10.8. The van der Waals surface area contributed by atoms with Crippen LogP contribution in [-0.4, -0.2) is 37.5 Å². The maximum atomic E-state index is 9.42. The number of nitrogens with one attached hydrogen (secondary N) is 1. The summed E-state index contributed by atoms with van der Waals surface area (Å²) < 4.78 is 5.66. The quantitative estimate of drug-likeness (QED) is 0.476. The molecular weight excluding hydrogens is 238 g/mol. The van der Waals surface area contributed by atoms with Gasteiger partial charge < -0.3 is 15.2 Å². The van der Waals surface area contributed by atoms with Crippen molar-refractivity contribution in [2.75, 3.05) is 26.9 Å². The Balaban J connectivity index is 3.35. The van der Waals surface area contributed by atoms with E-state index < -0.39 is 0 Å². The first kappa shape index (κ1) is 18.9. The number of ether oxygens (including phenoxy) is 1. The van der Waals surface area contributed by atoms with E-state index >= 15 is 0 Å². The van der Waals surface area contributed by atoms with Crippen LogP contribution in [0.3, 0.4) is 0 Å². The van der Waals surface area contributed by atoms with E-state index in [9.17, 15) is 5.11 Å². The normalized spacial score (nSPS) is 14.5. The van der Waals surface area contributed by atoms with E-state index in [-0.39, 0.29) is 12.1 Å². The number of unbranched alkanes of at least 4 members (excludes halogenated alkanes) is 5. The van der Waals surface area contributed by atoms with Gasteiger partial charge in [0, 0.05) is 18.8 Å². The number of hydrogen-bond acceptors (Lipinski definition) is 3. The molecule has 0 aromatic rings. The third-order valence-corrected chi connectivity index (χ3v) is 4.10. The topological polar surface area (TPSA) is 41.5 Å². The molecule has 0 radical (unpaired) electrons. The Kier molecular flexibility index (Phi) is 12.8. The fourth-order valence-electron chi connectivity index (χ4n) is 2.35. The molecule has 1 unspecified atom stereocenters. The fourth-order valence-corrected chi connectivity index (χ4v) is 2.35. The molecule has 0 saturated heterocycles. The SMILES string of the molecule is CCCCCCCCOCCCC(CC)(CO)NC. The highest BCUT2D eigenvalue weighted by Gasteiger charge is 2.23. The second-order valence-electron chi connectivity index (χ2n) is 5.53. The monoisotopic (exact) mass is 273 g/mol. The first-order valence-electron chi connectivity index (χ1n) is 8.12. The van der Waals surface area contributed by atoms with Gasteiger partial charge in [0.2, 0.25) is 0 Å². The van der Waals surface area contributed by atoms with E-state index in [0.29, 0.717) is 0 Å². The number of rotatable bonds is 14. The van der Waals surface area contributed by atoms with Crippen LogP contribution in [0.15, 0.2) is 0 Å². The molecule has 0 bridgehead atoms. The molecule has 0 aromatic carbocycles. The summed E-state index contributed by atoms with van der Waals surface area (Å²) in [7, 11) is 1.93. The first-order valence-corrected chi connectivity index (χ1v) is 8.12. The van der Waals surface area contributed by atoms with Gasteiger partial charge in [-0.05, 0) is 32.7 Å². The second kappa shape index (κ2) is 12.9. The number of aliphatic hydroxyl groups is 1. The zero-order valence-corrected chi connectivity index (χ0v) is 13.3. The molecular formula is C16H35NO2. The standard InChI is InChI=1S/C16H35NO2/c1-4-6-7-8-9-10-13-19-14-11-12-16(5-2,15-18)17-3/h17-18H,4-15H2,1-3H3. The summed E-state index contributed by atoms with van der Waals surface area (Å²) in [5.74, 6) is 0. The molecule has 0 amide bonds. The molecule has 1 atom stereocenters. The summed E-state index contributed by atoms with van der Waals surface area (Å²) in [6, 6.07) is 0. The molecule has 3 heteroatoms. The lowest BCUT2D eigenvalue weighted by atomic mass is 9.92. The van der Waals surface area contributed by atoms with Crippen LogP contribution in [0.4, 0.5) is 0 Å². The lowest BCUT2D eigenvalue weighted by Crippen LogP contribution is -2.46. The Morgan fingerprint density at radius 3 is 2.16 bits per heavy atom. The summed E-state index contributed by atoms with van der Waals surface area (Å²) in [5.41, 5.74) is -0.108. The first-order chi connectivity index (χ1) is 9.24. The minimum absolute atomic E-state index is 0.108. The molecule has 0 fully saturated rings. The predicted octanol–water partition coefficient (Wildman–Crippen LogP) is 3.50. The molecule has 0 aliphatic rings. The third kappa shape index (κ3) is 9.42. The van der Waals surface area contributed by atoms with Crippen LogP contribution in [0.1, 0.15) is 71.6 Å². The number of aliphatic hydroxyl groups excluding tert-OH is 1. The average molecular weight is 273 g/mol. The summed E-state index contributed by atoms with van der Waals surface area (Å²) in [5, 5.41) is 12.7. The Bertz CT molecular complexity index is 173. The lowest BCUT2D eigenvalue weighted by Gasteiger charge is -2.30. The fraction of sp³-hybridized carbons (Fsp3) is 1.00. The van der Waals surface area contributed by atoms with Crippen molar-refractivity contribution in [1.29, 1.82) is 0 Å². The molecule has 0 heterocycles. The van der Waals surface area contributed by atoms with E-state index in [0.717, 1.165) is 32.5 Å². The van der Waals surface area contributed by atoms with Gasteiger partial charge in [-0.3, -0.25) is 0 Å². The Hall–Kier alpha value is -0.120. The largest absolute Gasteiger partial charge is 0.394 e. The molecule has 3 nitrogen and oxygen atoms in total. The van der Waals surface area contributed by atoms with Gasteiger partial charge in [-0.15, -0.1) is 0 Å². The van der Waals surface area contributed by atoms with Gasteiger partial charge in [-0.25, -0.2) is 0 Å². The van der Waals surface area contributed by atoms with Crippen LogP contribution in [0.5, 0.6) is 0 Å². The molecule has 0 aromatic heterocycles. The molecule has 0 aliphatic heterocycles. The van der Waals surface area contributed by atoms with E-state index in [1.807, 2.05) is 7.05 Å². The Labute approximate surface area is 120 Å². The van der Waals surface area contributed by atoms with Crippen molar-refractivity contribution in [3.8, 4) is 0 Å². The van der Waals surface area contributed by atoms with Crippen LogP contribution in [0, 0.1) is 0 Å². The van der Waals surface area contributed by atoms with E-state index in [1.165, 1.54) is 38.5 Å². The molecule has 0 saturated carbocycles. The van der Waals surface area contributed by atoms with Gasteiger partial charge in [0.25, 0.3) is 0 Å². The van der Waals surface area contributed by atoms with E-state index in [2.05, 4.69) is 19.2 Å². The highest BCUT2D eigenvalue weighted by atomic mass is 16.5. The van der Waals surface area contributed by atoms with Crippen molar-refractivity contribution >= 4 is 0 Å². The van der Waals surface area contributed by atoms with Gasteiger partial charge in [-0.2, -0.15) is 0 Å². The maximum Gasteiger partial charge on any atom is 0.0613 e. The van der Waals surface area contributed by atoms with Crippen molar-refractivity contribution in [3.63, 3.8) is 0 Å². The molecule has 0 aliphatic carbocycles. The summed E-state index contributed by atoms with van der Waals surface area (Å²) >= 11 is 0. The second-order valence-corrected chi connectivity index (χ2v) is 5.53. The van der Waals surface area contributed by atoms with E-state index in [1.54, 1.807) is 0 Å². The van der Waals surface area contributed by atoms with Crippen molar-refractivity contribution < 1.29 is 9.84 Å². The van der Waals surface area contributed by atoms with Crippen LogP contribution in [0.2, 0.25) is 0 Å². The van der Waals surface area contributed by atoms with Crippen LogP contribution < -0.4 is 5.32 Å². The maximum absolute atomic E-state index is 9.42. The van der Waals surface area contributed by atoms with Gasteiger partial charge in [0.1, 0.15) is 0 Å². The van der Waals surface area contributed by atoms with Gasteiger partial charge >= 0.3 is 0 Å². The minimum Gasteiger partial charge on any atom is -0.394 e. The molecule has 2 N–H and O–H groups in total. The van der Waals surface area contributed by atoms with Crippen molar-refractivity contribution in [2.45, 2.75) is 77.2 Å². The summed E-state index contributed by atoms with van der Waals surface area (Å²) in [6.45, 7) is 6.28. The molecule has 0 rings (SSSR count). The van der Waals surface area contributed by atoms with Crippen molar-refractivity contribution in [2.24, 2.45) is 0 Å². The van der Waals surface area contributed by atoms with Gasteiger partial charge in [-0.1, -0.05) is 46.0 Å². The van der Waals surface area contributed by atoms with Gasteiger partial charge in [0.15, 0.2) is 0 Å². The molecule has 116 valence electrons. The van der Waals surface area contributed by atoms with Gasteiger partial charge in [0.05, 0.1) is 6.61 Å². The lowest BCUT2D eigenvalue weighted by molar-refractivity contribution is 0.103. The van der Waals surface area contributed by atoms with Crippen LogP contribution in [-0.2, 0) is 4.74 Å². The number of hydrogen-bond donors (Lipinski definition) is 2. The van der Waals surface area contributed by atoms with E-state index in [4.69, 9.17) is 4.74 Å². The zero-order chi connectivity index (χ0) is 14.4. The summed E-state index contributed by atoms with van der Waals surface area (Å²) in [4.78, 5) is 0. The zero-order valence-electron chi connectivity index (χ0n) is 13.3. The Morgan fingerprint density at radius 2 is 1.58 bits per heavy atom. The average Bonchev–Trinajstić information content (AvgIpc) is 2.46. The highest BCUT2D eigenvalue weighted by Crippen LogP contribution is 2.16. The molecule has 19 heavy (non-hydrogen) atoms. The minimum atomic E-state index is -0.108. The van der Waals surface area contributed by atoms with Crippen LogP contribution in [0.25, 0.3) is 0 Å². The van der Waals surface area contributed by atoms with Crippen LogP contribution >= 0.6 is 0 Å². The van der Waals surface area contributed by atoms with Crippen molar-refractivity contribution in [1.82, 2.24) is 5.32 Å². The number of likely N-dealkylation sites (N-methyl/N-ethyl adjacent to an activating group) is 1. The van der Waals surface area contributed by atoms with Crippen molar-refractivity contribution in [3.05, 3.63) is 0 Å². The predicted molar refractivity (Wildman–Crippen MR) is 82.6 cm³/mol. The molecule has 0 spiro atoms. The Morgan fingerprint density at radius 1 is 0.947 bits per heavy atom.